The average molecular weight is 308 g/mol. The van der Waals surface area contributed by atoms with Gasteiger partial charge in [-0.2, -0.15) is 8.78 Å². The normalized spacial score (nSPS) is 22.8. The highest BCUT2D eigenvalue weighted by molar-refractivity contribution is 5.85. The zero-order valence-electron chi connectivity index (χ0n) is 10.8. The van der Waals surface area contributed by atoms with E-state index in [1.54, 1.807) is 0 Å². The van der Waals surface area contributed by atoms with E-state index in [0.29, 0.717) is 6.29 Å². The van der Waals surface area contributed by atoms with Gasteiger partial charge in [0.2, 0.25) is 34.8 Å². The summed E-state index contributed by atoms with van der Waals surface area (Å²) in [4.78, 5) is 22.4. The molecule has 0 heterocycles. The molecular weight excluding hydrogens is 299 g/mol. The van der Waals surface area contributed by atoms with E-state index >= 15 is 0 Å². The molecule has 1 fully saturated rings. The zero-order valence-corrected chi connectivity index (χ0v) is 10.8. The molecule has 21 heavy (non-hydrogen) atoms. The van der Waals surface area contributed by atoms with Gasteiger partial charge in [0.05, 0.1) is 5.92 Å². The first-order valence-electron chi connectivity index (χ1n) is 5.83. The molecule has 1 aromatic carbocycles. The largest absolute Gasteiger partial charge is 0.420 e. The van der Waals surface area contributed by atoms with Crippen molar-refractivity contribution in [3.63, 3.8) is 0 Å². The fourth-order valence-electron chi connectivity index (χ4n) is 2.22. The van der Waals surface area contributed by atoms with Crippen molar-refractivity contribution in [1.29, 1.82) is 0 Å². The maximum absolute atomic E-state index is 13.4. The molecule has 1 aliphatic carbocycles. The van der Waals surface area contributed by atoms with Crippen LogP contribution in [0.5, 0.6) is 5.75 Å². The summed E-state index contributed by atoms with van der Waals surface area (Å²) in [7, 11) is 0. The Balaban J connectivity index is 2.34. The maximum atomic E-state index is 13.4. The summed E-state index contributed by atoms with van der Waals surface area (Å²) in [6.45, 7) is 3.08. The van der Waals surface area contributed by atoms with Gasteiger partial charge in [-0.25, -0.2) is 13.2 Å². The van der Waals surface area contributed by atoms with E-state index in [2.05, 4.69) is 4.74 Å². The lowest BCUT2D eigenvalue weighted by molar-refractivity contribution is -0.137. The third-order valence-corrected chi connectivity index (χ3v) is 3.68. The fraction of sp³-hybridized carbons (Fsp3) is 0.385. The Kier molecular flexibility index (Phi) is 3.51. The number of hydrogen-bond acceptors (Lipinski definition) is 3. The third kappa shape index (κ3) is 2.18. The molecule has 0 aromatic heterocycles. The van der Waals surface area contributed by atoms with Gasteiger partial charge in [-0.1, -0.05) is 13.8 Å². The molecule has 2 unspecified atom stereocenters. The Morgan fingerprint density at radius 2 is 1.43 bits per heavy atom. The van der Waals surface area contributed by atoms with Crippen LogP contribution >= 0.6 is 0 Å². The first-order valence-corrected chi connectivity index (χ1v) is 5.83. The number of aldehydes is 1. The highest BCUT2D eigenvalue weighted by Crippen LogP contribution is 2.57. The van der Waals surface area contributed by atoms with E-state index in [-0.39, 0.29) is 0 Å². The summed E-state index contributed by atoms with van der Waals surface area (Å²) in [5.74, 6) is -15.8. The Morgan fingerprint density at radius 1 is 1.00 bits per heavy atom. The fourth-order valence-corrected chi connectivity index (χ4v) is 2.22. The number of hydrogen-bond donors (Lipinski definition) is 0. The van der Waals surface area contributed by atoms with Crippen molar-refractivity contribution in [1.82, 2.24) is 0 Å². The number of rotatable bonds is 3. The van der Waals surface area contributed by atoms with Gasteiger partial charge in [0.1, 0.15) is 6.29 Å². The molecule has 0 N–H and O–H groups in total. The third-order valence-electron chi connectivity index (χ3n) is 3.68. The predicted molar refractivity (Wildman–Crippen MR) is 58.7 cm³/mol. The Labute approximate surface area is 115 Å². The average Bonchev–Trinajstić information content (AvgIpc) is 3.00. The lowest BCUT2D eigenvalue weighted by Gasteiger charge is -2.09. The van der Waals surface area contributed by atoms with E-state index in [1.807, 2.05) is 0 Å². The molecule has 1 aliphatic rings. The van der Waals surface area contributed by atoms with Gasteiger partial charge in [-0.3, -0.25) is 4.79 Å². The highest BCUT2D eigenvalue weighted by atomic mass is 19.2. The number of carbonyl (C=O) groups excluding carboxylic acids is 2. The van der Waals surface area contributed by atoms with Crippen LogP contribution in [0.1, 0.15) is 13.8 Å². The lowest BCUT2D eigenvalue weighted by Crippen LogP contribution is -2.17. The van der Waals surface area contributed by atoms with Crippen molar-refractivity contribution >= 4 is 12.3 Å². The van der Waals surface area contributed by atoms with Crippen molar-refractivity contribution in [2.24, 2.45) is 17.3 Å². The molecule has 1 aromatic rings. The number of ether oxygens (including phenoxy) is 1. The first kappa shape index (κ1) is 15.4. The Morgan fingerprint density at radius 3 is 1.81 bits per heavy atom. The molecular formula is C13H9F5O3. The second kappa shape index (κ2) is 4.78. The molecule has 1 saturated carbocycles. The van der Waals surface area contributed by atoms with Crippen molar-refractivity contribution in [3.8, 4) is 5.75 Å². The molecule has 3 nitrogen and oxygen atoms in total. The zero-order chi connectivity index (χ0) is 16.1. The van der Waals surface area contributed by atoms with Gasteiger partial charge in [-0.15, -0.1) is 0 Å². The molecule has 0 bridgehead atoms. The maximum Gasteiger partial charge on any atom is 0.315 e. The van der Waals surface area contributed by atoms with Gasteiger partial charge >= 0.3 is 5.97 Å². The lowest BCUT2D eigenvalue weighted by atomic mass is 10.1. The van der Waals surface area contributed by atoms with Crippen molar-refractivity contribution in [2.75, 3.05) is 0 Å². The molecule has 0 saturated heterocycles. The van der Waals surface area contributed by atoms with Crippen LogP contribution in [0.2, 0.25) is 0 Å². The highest BCUT2D eigenvalue weighted by Gasteiger charge is 2.63. The minimum Gasteiger partial charge on any atom is -0.420 e. The summed E-state index contributed by atoms with van der Waals surface area (Å²) in [6, 6.07) is 0. The number of esters is 1. The smallest absolute Gasteiger partial charge is 0.315 e. The molecule has 0 aliphatic heterocycles. The second-order valence-corrected chi connectivity index (χ2v) is 5.28. The summed E-state index contributed by atoms with van der Waals surface area (Å²) in [5, 5.41) is 0. The first-order chi connectivity index (χ1) is 9.64. The Hall–Kier alpha value is -1.99. The molecule has 8 heteroatoms. The monoisotopic (exact) mass is 308 g/mol. The van der Waals surface area contributed by atoms with Crippen molar-refractivity contribution in [2.45, 2.75) is 13.8 Å². The number of halogens is 5. The Bertz CT molecular complexity index is 612. The topological polar surface area (TPSA) is 43.4 Å². The van der Waals surface area contributed by atoms with Gasteiger partial charge < -0.3 is 9.53 Å². The van der Waals surface area contributed by atoms with Crippen LogP contribution < -0.4 is 4.74 Å². The molecule has 0 radical (unpaired) electrons. The van der Waals surface area contributed by atoms with Crippen LogP contribution in [-0.4, -0.2) is 12.3 Å². The van der Waals surface area contributed by atoms with Gasteiger partial charge in [0.15, 0.2) is 0 Å². The summed E-state index contributed by atoms with van der Waals surface area (Å²) >= 11 is 0. The van der Waals surface area contributed by atoms with Gasteiger partial charge in [0, 0.05) is 5.92 Å². The van der Waals surface area contributed by atoms with Crippen molar-refractivity contribution in [3.05, 3.63) is 29.1 Å². The summed E-state index contributed by atoms with van der Waals surface area (Å²) < 4.78 is 69.7. The van der Waals surface area contributed by atoms with Crippen molar-refractivity contribution < 1.29 is 36.3 Å². The van der Waals surface area contributed by atoms with Crippen LogP contribution in [0.3, 0.4) is 0 Å². The molecule has 2 rings (SSSR count). The molecule has 2 atom stereocenters. The van der Waals surface area contributed by atoms with Crippen LogP contribution in [0.15, 0.2) is 0 Å². The summed E-state index contributed by atoms with van der Waals surface area (Å²) in [5.41, 5.74) is -0.789. The minimum atomic E-state index is -2.35. The second-order valence-electron chi connectivity index (χ2n) is 5.28. The minimum absolute atomic E-state index is 0.477. The van der Waals surface area contributed by atoms with E-state index in [4.69, 9.17) is 0 Å². The van der Waals surface area contributed by atoms with E-state index in [9.17, 15) is 31.5 Å². The standard InChI is InChI=1S/C13H9F5O3/c1-13(2)4(3-19)5(13)12(20)21-11-9(17)7(15)6(14)8(16)10(11)18/h3-5H,1-2H3. The van der Waals surface area contributed by atoms with Crippen LogP contribution in [0.25, 0.3) is 0 Å². The quantitative estimate of drug-likeness (QED) is 0.215. The van der Waals surface area contributed by atoms with E-state index < -0.39 is 58.1 Å². The van der Waals surface area contributed by atoms with E-state index in [1.165, 1.54) is 13.8 Å². The van der Waals surface area contributed by atoms with Crippen LogP contribution in [0.4, 0.5) is 22.0 Å². The van der Waals surface area contributed by atoms with E-state index in [0.717, 1.165) is 0 Å². The molecule has 0 amide bonds. The number of carbonyl (C=O) groups is 2. The van der Waals surface area contributed by atoms with Crippen LogP contribution in [0, 0.1) is 46.3 Å². The van der Waals surface area contributed by atoms with Gasteiger partial charge in [-0.05, 0) is 5.41 Å². The predicted octanol–water partition coefficient (Wildman–Crippen LogP) is 2.76. The molecule has 0 spiro atoms. The summed E-state index contributed by atoms with van der Waals surface area (Å²) in [6.07, 6.45) is 0.477. The number of benzene rings is 1. The van der Waals surface area contributed by atoms with Crippen LogP contribution in [-0.2, 0) is 9.59 Å². The molecule has 114 valence electrons. The van der Waals surface area contributed by atoms with Gasteiger partial charge in [0.25, 0.3) is 0 Å². The SMILES string of the molecule is CC1(C)C(C=O)C1C(=O)Oc1c(F)c(F)c(F)c(F)c1F.